The van der Waals surface area contributed by atoms with Crippen molar-refractivity contribution < 1.29 is 14.7 Å². The number of nitrogens with one attached hydrogen (secondary N) is 2. The van der Waals surface area contributed by atoms with Crippen molar-refractivity contribution in [3.05, 3.63) is 80.1 Å². The minimum Gasteiger partial charge on any atom is -0.505 e. The van der Waals surface area contributed by atoms with Gasteiger partial charge in [0.15, 0.2) is 5.75 Å². The molecule has 0 aromatic heterocycles. The molecular weight excluding hydrogens is 386 g/mol. The van der Waals surface area contributed by atoms with E-state index < -0.39 is 16.8 Å². The van der Waals surface area contributed by atoms with Crippen molar-refractivity contribution in [2.75, 3.05) is 24.8 Å². The largest absolute Gasteiger partial charge is 0.505 e. The Kier molecular flexibility index (Phi) is 6.17. The molecule has 0 aliphatic heterocycles. The maximum atomic E-state index is 12.3. The average molecular weight is 409 g/mol. The smallest absolute Gasteiger partial charge is 0.280 e. The molecule has 0 radical (unpaired) electrons. The van der Waals surface area contributed by atoms with Crippen LogP contribution in [-0.2, 0) is 4.84 Å². The number of benzene rings is 2. The molecule has 0 spiro atoms. The Bertz CT molecular complexity index is 1120. The summed E-state index contributed by atoms with van der Waals surface area (Å²) in [5, 5.41) is 17.4. The zero-order valence-electron chi connectivity index (χ0n) is 16.9. The maximum absolute atomic E-state index is 12.3. The molecule has 3 aromatic rings. The molecule has 3 N–H and O–H groups in total. The zero-order valence-corrected chi connectivity index (χ0v) is 16.9. The lowest BCUT2D eigenvalue weighted by Crippen LogP contribution is -2.37. The van der Waals surface area contributed by atoms with E-state index in [2.05, 4.69) is 10.6 Å². The van der Waals surface area contributed by atoms with Gasteiger partial charge in [0.25, 0.3) is 16.8 Å². The molecule has 156 valence electrons. The monoisotopic (exact) mass is 409 g/mol. The van der Waals surface area contributed by atoms with E-state index in [-0.39, 0.29) is 34.4 Å². The third kappa shape index (κ3) is 3.90. The molecule has 8 heteroatoms. The summed E-state index contributed by atoms with van der Waals surface area (Å²) in [5.74, 6) is -0.905. The second-order valence-electron chi connectivity index (χ2n) is 6.74. The van der Waals surface area contributed by atoms with Crippen LogP contribution < -0.4 is 21.5 Å². The molecule has 0 bridgehead atoms. The van der Waals surface area contributed by atoms with E-state index in [0.29, 0.717) is 6.42 Å². The third-order valence-corrected chi connectivity index (χ3v) is 4.93. The predicted octanol–water partition coefficient (Wildman–Crippen LogP) is 2.93. The fourth-order valence-corrected chi connectivity index (χ4v) is 3.13. The second kappa shape index (κ2) is 8.79. The number of amides is 1. The van der Waals surface area contributed by atoms with Gasteiger partial charge in [-0.15, -0.1) is 0 Å². The van der Waals surface area contributed by atoms with Gasteiger partial charge in [0.2, 0.25) is 0 Å². The minimum atomic E-state index is -0.689. The lowest BCUT2D eigenvalue weighted by Gasteiger charge is -2.22. The number of hydrogen-bond acceptors (Lipinski definition) is 7. The first-order valence-corrected chi connectivity index (χ1v) is 9.45. The number of rotatable bonds is 8. The first kappa shape index (κ1) is 21.1. The SMILES string of the molecule is CCC(Nc1c(Nc2cccc(C(=O)N(C)OC)c2O)c(=O)c1=O)c1ccccc1. The highest BCUT2D eigenvalue weighted by Crippen LogP contribution is 2.33. The Morgan fingerprint density at radius 1 is 1.07 bits per heavy atom. The number of hydrogen-bond donors (Lipinski definition) is 3. The molecule has 0 aliphatic carbocycles. The summed E-state index contributed by atoms with van der Waals surface area (Å²) < 4.78 is 0. The first-order chi connectivity index (χ1) is 14.4. The van der Waals surface area contributed by atoms with Crippen molar-refractivity contribution in [1.29, 1.82) is 0 Å². The molecule has 3 aromatic carbocycles. The van der Waals surface area contributed by atoms with E-state index in [0.717, 1.165) is 10.6 Å². The van der Waals surface area contributed by atoms with Crippen LogP contribution in [0.25, 0.3) is 0 Å². The van der Waals surface area contributed by atoms with Crippen LogP contribution in [0.5, 0.6) is 5.75 Å². The Labute approximate surface area is 173 Å². The van der Waals surface area contributed by atoms with E-state index >= 15 is 0 Å². The molecule has 1 atom stereocenters. The number of aromatic hydroxyl groups is 1. The second-order valence-corrected chi connectivity index (χ2v) is 6.74. The highest BCUT2D eigenvalue weighted by Gasteiger charge is 2.25. The summed E-state index contributed by atoms with van der Waals surface area (Å²) in [7, 11) is 2.74. The van der Waals surface area contributed by atoms with Crippen LogP contribution in [-0.4, -0.2) is 30.2 Å². The lowest BCUT2D eigenvalue weighted by molar-refractivity contribution is -0.0758. The van der Waals surface area contributed by atoms with Crippen LogP contribution in [0, 0.1) is 0 Å². The number of anilines is 3. The van der Waals surface area contributed by atoms with Gasteiger partial charge in [-0.05, 0) is 24.1 Å². The summed E-state index contributed by atoms with van der Waals surface area (Å²) in [6.07, 6.45) is 0.695. The molecule has 3 rings (SSSR count). The summed E-state index contributed by atoms with van der Waals surface area (Å²) in [5.41, 5.74) is -0.00271. The van der Waals surface area contributed by atoms with Crippen LogP contribution in [0.3, 0.4) is 0 Å². The third-order valence-electron chi connectivity index (χ3n) is 4.93. The van der Waals surface area contributed by atoms with Gasteiger partial charge in [0.1, 0.15) is 11.4 Å². The van der Waals surface area contributed by atoms with Crippen LogP contribution in [0.15, 0.2) is 58.1 Å². The van der Waals surface area contributed by atoms with Gasteiger partial charge in [-0.1, -0.05) is 43.3 Å². The predicted molar refractivity (Wildman–Crippen MR) is 115 cm³/mol. The standard InChI is InChI=1S/C22H23N3O5/c1-4-15(13-9-6-5-7-10-13)23-17-18(21(28)20(17)27)24-16-12-8-11-14(19(16)26)22(29)25(2)30-3/h5-12,15,23-24,26H,4H2,1-3H3. The fourth-order valence-electron chi connectivity index (χ4n) is 3.13. The zero-order chi connectivity index (χ0) is 21.8. The van der Waals surface area contributed by atoms with Crippen molar-refractivity contribution in [2.45, 2.75) is 19.4 Å². The van der Waals surface area contributed by atoms with Gasteiger partial charge in [0, 0.05) is 7.05 Å². The Morgan fingerprint density at radius 3 is 2.37 bits per heavy atom. The topological polar surface area (TPSA) is 108 Å². The summed E-state index contributed by atoms with van der Waals surface area (Å²) >= 11 is 0. The summed E-state index contributed by atoms with van der Waals surface area (Å²) in [6, 6.07) is 13.9. The molecule has 0 saturated heterocycles. The van der Waals surface area contributed by atoms with E-state index in [1.165, 1.54) is 26.3 Å². The summed E-state index contributed by atoms with van der Waals surface area (Å²) in [6.45, 7) is 1.97. The molecule has 0 heterocycles. The first-order valence-electron chi connectivity index (χ1n) is 9.45. The van der Waals surface area contributed by atoms with Crippen molar-refractivity contribution in [2.24, 2.45) is 0 Å². The van der Waals surface area contributed by atoms with Gasteiger partial charge < -0.3 is 15.7 Å². The Morgan fingerprint density at radius 2 is 1.73 bits per heavy atom. The quantitative estimate of drug-likeness (QED) is 0.298. The number of phenolic OH excluding ortho intramolecular Hbond substituents is 1. The van der Waals surface area contributed by atoms with E-state index in [1.807, 2.05) is 37.3 Å². The highest BCUT2D eigenvalue weighted by molar-refractivity contribution is 5.98. The van der Waals surface area contributed by atoms with Gasteiger partial charge >= 0.3 is 0 Å². The van der Waals surface area contributed by atoms with Crippen molar-refractivity contribution in [1.82, 2.24) is 5.06 Å². The Hall–Kier alpha value is -3.65. The van der Waals surface area contributed by atoms with E-state index in [1.54, 1.807) is 6.07 Å². The molecular formula is C22H23N3O5. The molecule has 30 heavy (non-hydrogen) atoms. The lowest BCUT2D eigenvalue weighted by atomic mass is 10.0. The Balaban J connectivity index is 1.89. The van der Waals surface area contributed by atoms with Crippen molar-refractivity contribution in [3.8, 4) is 5.75 Å². The highest BCUT2D eigenvalue weighted by atomic mass is 16.7. The molecule has 8 nitrogen and oxygen atoms in total. The number of carbonyl (C=O) groups is 1. The van der Waals surface area contributed by atoms with Crippen LogP contribution >= 0.6 is 0 Å². The van der Waals surface area contributed by atoms with Crippen LogP contribution in [0.4, 0.5) is 17.1 Å². The molecule has 0 fully saturated rings. The minimum absolute atomic E-state index is 0.00622. The van der Waals surface area contributed by atoms with E-state index in [9.17, 15) is 19.5 Å². The van der Waals surface area contributed by atoms with E-state index in [4.69, 9.17) is 4.84 Å². The number of hydroxylamine groups is 2. The maximum Gasteiger partial charge on any atom is 0.280 e. The van der Waals surface area contributed by atoms with Crippen LogP contribution in [0.1, 0.15) is 35.3 Å². The van der Waals surface area contributed by atoms with Crippen LogP contribution in [0.2, 0.25) is 0 Å². The van der Waals surface area contributed by atoms with Gasteiger partial charge in [-0.2, -0.15) is 0 Å². The molecule has 0 aliphatic rings. The average Bonchev–Trinajstić information content (AvgIpc) is 2.78. The normalized spacial score (nSPS) is 11.8. The summed E-state index contributed by atoms with van der Waals surface area (Å²) in [4.78, 5) is 41.5. The molecule has 1 amide bonds. The number of nitrogens with zero attached hydrogens (tertiary/aromatic N) is 1. The van der Waals surface area contributed by atoms with Gasteiger partial charge in [0.05, 0.1) is 24.4 Å². The number of carbonyl (C=O) groups excluding carboxylic acids is 1. The van der Waals surface area contributed by atoms with Crippen molar-refractivity contribution in [3.63, 3.8) is 0 Å². The molecule has 0 saturated carbocycles. The van der Waals surface area contributed by atoms with Gasteiger partial charge in [-0.25, -0.2) is 5.06 Å². The van der Waals surface area contributed by atoms with Crippen molar-refractivity contribution >= 4 is 23.0 Å². The molecule has 1 unspecified atom stereocenters. The number of para-hydroxylation sites is 1. The fraction of sp³-hybridized carbons (Fsp3) is 0.227. The van der Waals surface area contributed by atoms with Gasteiger partial charge in [-0.3, -0.25) is 19.2 Å². The number of phenols is 1.